The number of anilines is 1. The van der Waals surface area contributed by atoms with Crippen LogP contribution in [0.5, 0.6) is 0 Å². The first-order chi connectivity index (χ1) is 15.3. The van der Waals surface area contributed by atoms with E-state index in [9.17, 15) is 14.7 Å². The molecule has 1 unspecified atom stereocenters. The lowest BCUT2D eigenvalue weighted by Crippen LogP contribution is -2.30. The lowest BCUT2D eigenvalue weighted by atomic mass is 9.98. The van der Waals surface area contributed by atoms with Gasteiger partial charge < -0.3 is 9.52 Å². The standard InChI is InChI=1S/C24H15Cl2NO4S/c1-12-7-8-32-23(12)20-19(21(28)18-10-13-9-15(26)5-6-17(13)31-18)22(29)24(30)27(20)16-4-2-3-14(25)11-16/h2-11,20,29H,1H3. The van der Waals surface area contributed by atoms with Gasteiger partial charge in [0.05, 0.1) is 5.57 Å². The molecule has 1 N–H and O–H groups in total. The number of aliphatic hydroxyl groups excluding tert-OH is 1. The number of aliphatic hydroxyl groups is 1. The van der Waals surface area contributed by atoms with E-state index in [0.29, 0.717) is 26.7 Å². The van der Waals surface area contributed by atoms with Gasteiger partial charge in [0.1, 0.15) is 11.6 Å². The Morgan fingerprint density at radius 1 is 1.09 bits per heavy atom. The van der Waals surface area contributed by atoms with Gasteiger partial charge in [0, 0.05) is 26.0 Å². The highest BCUT2D eigenvalue weighted by atomic mass is 35.5. The van der Waals surface area contributed by atoms with Crippen molar-refractivity contribution in [2.75, 3.05) is 4.90 Å². The van der Waals surface area contributed by atoms with E-state index in [2.05, 4.69) is 0 Å². The number of thiophene rings is 1. The molecule has 160 valence electrons. The molecule has 2 aromatic carbocycles. The zero-order valence-corrected chi connectivity index (χ0v) is 19.0. The van der Waals surface area contributed by atoms with E-state index in [1.165, 1.54) is 16.2 Å². The van der Waals surface area contributed by atoms with Crippen molar-refractivity contribution < 1.29 is 19.1 Å². The second-order valence-electron chi connectivity index (χ2n) is 7.41. The normalized spacial score (nSPS) is 16.4. The minimum atomic E-state index is -0.815. The molecule has 32 heavy (non-hydrogen) atoms. The number of carbonyl (C=O) groups is 2. The minimum Gasteiger partial charge on any atom is -0.503 e. The first-order valence-corrected chi connectivity index (χ1v) is 11.3. The van der Waals surface area contributed by atoms with Gasteiger partial charge in [-0.1, -0.05) is 29.3 Å². The molecule has 4 aromatic rings. The van der Waals surface area contributed by atoms with Crippen LogP contribution in [0.1, 0.15) is 27.0 Å². The quantitative estimate of drug-likeness (QED) is 0.320. The van der Waals surface area contributed by atoms with Crippen LogP contribution in [0.15, 0.2) is 75.7 Å². The third kappa shape index (κ3) is 3.32. The van der Waals surface area contributed by atoms with E-state index < -0.39 is 23.5 Å². The van der Waals surface area contributed by atoms with E-state index in [1.54, 1.807) is 48.5 Å². The topological polar surface area (TPSA) is 70.7 Å². The van der Waals surface area contributed by atoms with Gasteiger partial charge in [-0.25, -0.2) is 0 Å². The van der Waals surface area contributed by atoms with Crippen molar-refractivity contribution >= 4 is 62.9 Å². The molecule has 0 bridgehead atoms. The molecule has 0 fully saturated rings. The van der Waals surface area contributed by atoms with Crippen molar-refractivity contribution in [3.8, 4) is 0 Å². The number of carbonyl (C=O) groups excluding carboxylic acids is 2. The molecule has 0 saturated heterocycles. The van der Waals surface area contributed by atoms with Crippen LogP contribution < -0.4 is 4.90 Å². The number of rotatable bonds is 4. The molecular weight excluding hydrogens is 469 g/mol. The van der Waals surface area contributed by atoms with Gasteiger partial charge >= 0.3 is 0 Å². The predicted octanol–water partition coefficient (Wildman–Crippen LogP) is 6.89. The van der Waals surface area contributed by atoms with E-state index in [1.807, 2.05) is 18.4 Å². The van der Waals surface area contributed by atoms with Crippen molar-refractivity contribution in [3.05, 3.63) is 97.6 Å². The maximum absolute atomic E-state index is 13.6. The summed E-state index contributed by atoms with van der Waals surface area (Å²) in [5, 5.41) is 14.3. The van der Waals surface area contributed by atoms with Gasteiger partial charge in [-0.2, -0.15) is 0 Å². The Morgan fingerprint density at radius 3 is 2.59 bits per heavy atom. The first-order valence-electron chi connectivity index (χ1n) is 9.65. The molecule has 0 spiro atoms. The van der Waals surface area contributed by atoms with Gasteiger partial charge in [-0.3, -0.25) is 14.5 Å². The molecule has 5 nitrogen and oxygen atoms in total. The fourth-order valence-electron chi connectivity index (χ4n) is 3.90. The van der Waals surface area contributed by atoms with Crippen LogP contribution in [0.3, 0.4) is 0 Å². The Bertz CT molecular complexity index is 1430. The Hall–Kier alpha value is -3.06. The molecule has 1 aliphatic heterocycles. The van der Waals surface area contributed by atoms with Crippen molar-refractivity contribution in [2.24, 2.45) is 0 Å². The minimum absolute atomic E-state index is 0.0174. The van der Waals surface area contributed by atoms with E-state index in [4.69, 9.17) is 27.6 Å². The summed E-state index contributed by atoms with van der Waals surface area (Å²) in [6.07, 6.45) is 0. The zero-order valence-electron chi connectivity index (χ0n) is 16.6. The lowest BCUT2D eigenvalue weighted by molar-refractivity contribution is -0.117. The average Bonchev–Trinajstić information content (AvgIpc) is 3.44. The van der Waals surface area contributed by atoms with Crippen LogP contribution in [-0.2, 0) is 4.79 Å². The van der Waals surface area contributed by atoms with Crippen LogP contribution >= 0.6 is 34.5 Å². The molecule has 8 heteroatoms. The predicted molar refractivity (Wildman–Crippen MR) is 126 cm³/mol. The van der Waals surface area contributed by atoms with Crippen LogP contribution in [0.2, 0.25) is 10.0 Å². The smallest absolute Gasteiger partial charge is 0.294 e. The van der Waals surface area contributed by atoms with Gasteiger partial charge in [0.15, 0.2) is 11.5 Å². The monoisotopic (exact) mass is 483 g/mol. The lowest BCUT2D eigenvalue weighted by Gasteiger charge is -2.26. The summed E-state index contributed by atoms with van der Waals surface area (Å²) < 4.78 is 5.74. The van der Waals surface area contributed by atoms with Gasteiger partial charge in [0.25, 0.3) is 5.91 Å². The highest BCUT2D eigenvalue weighted by Gasteiger charge is 2.46. The summed E-state index contributed by atoms with van der Waals surface area (Å²) in [5.41, 5.74) is 1.82. The maximum atomic E-state index is 13.6. The number of ketones is 1. The SMILES string of the molecule is Cc1ccsc1C1C(C(=O)c2cc3cc(Cl)ccc3o2)=C(O)C(=O)N1c1cccc(Cl)c1. The molecule has 1 aliphatic rings. The number of aryl methyl sites for hydroxylation is 1. The third-order valence-electron chi connectivity index (χ3n) is 5.39. The number of nitrogens with zero attached hydrogens (tertiary/aromatic N) is 1. The van der Waals surface area contributed by atoms with Crippen molar-refractivity contribution in [1.29, 1.82) is 0 Å². The average molecular weight is 484 g/mol. The Balaban J connectivity index is 1.67. The Morgan fingerprint density at radius 2 is 1.88 bits per heavy atom. The maximum Gasteiger partial charge on any atom is 0.294 e. The molecule has 1 atom stereocenters. The Kier molecular flexibility index (Phi) is 5.08. The fourth-order valence-corrected chi connectivity index (χ4v) is 5.29. The Labute approximate surface area is 197 Å². The number of benzene rings is 2. The summed E-state index contributed by atoms with van der Waals surface area (Å²) in [6.45, 7) is 1.90. The van der Waals surface area contributed by atoms with Crippen LogP contribution in [0.4, 0.5) is 5.69 Å². The fraction of sp³-hybridized carbons (Fsp3) is 0.0833. The van der Waals surface area contributed by atoms with Crippen LogP contribution in [-0.4, -0.2) is 16.8 Å². The number of furan rings is 1. The summed E-state index contributed by atoms with van der Waals surface area (Å²) in [6, 6.07) is 14.4. The van der Waals surface area contributed by atoms with E-state index in [-0.39, 0.29) is 11.3 Å². The molecule has 1 amide bonds. The number of hydrogen-bond donors (Lipinski definition) is 1. The highest BCUT2D eigenvalue weighted by molar-refractivity contribution is 7.10. The number of Topliss-reactive ketones (excluding diaryl/α,β-unsaturated/α-hetero) is 1. The second kappa shape index (κ2) is 7.81. The summed E-state index contributed by atoms with van der Waals surface area (Å²) in [4.78, 5) is 28.9. The second-order valence-corrected chi connectivity index (χ2v) is 9.23. The van der Waals surface area contributed by atoms with Gasteiger partial charge in [-0.15, -0.1) is 11.3 Å². The summed E-state index contributed by atoms with van der Waals surface area (Å²) in [7, 11) is 0. The number of amides is 1. The first kappa shape index (κ1) is 20.8. The van der Waals surface area contributed by atoms with E-state index >= 15 is 0 Å². The van der Waals surface area contributed by atoms with Crippen LogP contribution in [0.25, 0.3) is 11.0 Å². The molecular formula is C24H15Cl2NO4S. The van der Waals surface area contributed by atoms with Crippen molar-refractivity contribution in [3.63, 3.8) is 0 Å². The summed E-state index contributed by atoms with van der Waals surface area (Å²) in [5.74, 6) is -1.83. The van der Waals surface area contributed by atoms with Crippen LogP contribution in [0, 0.1) is 6.92 Å². The zero-order chi connectivity index (χ0) is 22.6. The number of hydrogen-bond acceptors (Lipinski definition) is 5. The molecule has 3 heterocycles. The highest BCUT2D eigenvalue weighted by Crippen LogP contribution is 2.45. The largest absolute Gasteiger partial charge is 0.503 e. The number of halogens is 2. The molecule has 0 saturated carbocycles. The van der Waals surface area contributed by atoms with Gasteiger partial charge in [0.2, 0.25) is 5.78 Å². The van der Waals surface area contributed by atoms with Gasteiger partial charge in [-0.05, 0) is 66.4 Å². The number of fused-ring (bicyclic) bond motifs is 1. The molecule has 2 aromatic heterocycles. The van der Waals surface area contributed by atoms with Crippen molar-refractivity contribution in [2.45, 2.75) is 13.0 Å². The summed E-state index contributed by atoms with van der Waals surface area (Å²) >= 11 is 13.6. The van der Waals surface area contributed by atoms with E-state index in [0.717, 1.165) is 10.4 Å². The molecule has 5 rings (SSSR count). The van der Waals surface area contributed by atoms with Crippen molar-refractivity contribution in [1.82, 2.24) is 0 Å². The third-order valence-corrected chi connectivity index (χ3v) is 6.93. The molecule has 0 radical (unpaired) electrons. The molecule has 0 aliphatic carbocycles.